The lowest BCUT2D eigenvalue weighted by atomic mass is 10.3. The molecule has 2 rings (SSSR count). The van der Waals surface area contributed by atoms with Crippen molar-refractivity contribution in [3.05, 3.63) is 45.4 Å². The van der Waals surface area contributed by atoms with Crippen molar-refractivity contribution in [3.8, 4) is 0 Å². The Morgan fingerprint density at radius 1 is 1.30 bits per heavy atom. The first kappa shape index (κ1) is 14.9. The van der Waals surface area contributed by atoms with Crippen LogP contribution in [-0.2, 0) is 10.0 Å². The molecular formula is C12H10INO5S. The van der Waals surface area contributed by atoms with Gasteiger partial charge in [0.2, 0.25) is 5.76 Å². The number of anilines is 1. The van der Waals surface area contributed by atoms with Crippen molar-refractivity contribution in [2.24, 2.45) is 0 Å². The molecule has 0 amide bonds. The highest BCUT2D eigenvalue weighted by molar-refractivity contribution is 14.1. The van der Waals surface area contributed by atoms with Crippen LogP contribution in [0.3, 0.4) is 0 Å². The lowest BCUT2D eigenvalue weighted by Crippen LogP contribution is -2.13. The number of carboxylic acids is 1. The van der Waals surface area contributed by atoms with Crippen molar-refractivity contribution in [3.63, 3.8) is 0 Å². The molecule has 6 nitrogen and oxygen atoms in total. The van der Waals surface area contributed by atoms with E-state index in [9.17, 15) is 13.2 Å². The lowest BCUT2D eigenvalue weighted by molar-refractivity contribution is 0.0661. The van der Waals surface area contributed by atoms with Crippen LogP contribution in [0.1, 0.15) is 16.3 Å². The van der Waals surface area contributed by atoms with Crippen molar-refractivity contribution in [2.75, 3.05) is 4.72 Å². The molecule has 0 bridgehead atoms. The summed E-state index contributed by atoms with van der Waals surface area (Å²) < 4.78 is 32.6. The summed E-state index contributed by atoms with van der Waals surface area (Å²) in [6.45, 7) is 1.40. The fraction of sp³-hybridized carbons (Fsp3) is 0.0833. The SMILES string of the molecule is Cc1oc(C(=O)O)cc1S(=O)(=O)Nc1ccc(I)cc1. The Bertz CT molecular complexity index is 749. The summed E-state index contributed by atoms with van der Waals surface area (Å²) in [5, 5.41) is 8.80. The fourth-order valence-corrected chi connectivity index (χ4v) is 3.16. The molecule has 0 fully saturated rings. The second-order valence-electron chi connectivity index (χ2n) is 3.95. The van der Waals surface area contributed by atoms with Crippen molar-refractivity contribution in [1.82, 2.24) is 0 Å². The number of furan rings is 1. The van der Waals surface area contributed by atoms with Crippen molar-refractivity contribution >= 4 is 44.3 Å². The molecule has 2 aromatic rings. The number of hydrogen-bond donors (Lipinski definition) is 2. The topological polar surface area (TPSA) is 96.6 Å². The van der Waals surface area contributed by atoms with Gasteiger partial charge in [0.15, 0.2) is 0 Å². The number of carbonyl (C=O) groups is 1. The van der Waals surface area contributed by atoms with Crippen molar-refractivity contribution in [2.45, 2.75) is 11.8 Å². The van der Waals surface area contributed by atoms with Crippen LogP contribution in [0, 0.1) is 10.5 Å². The van der Waals surface area contributed by atoms with Crippen molar-refractivity contribution in [1.29, 1.82) is 0 Å². The van der Waals surface area contributed by atoms with Gasteiger partial charge in [-0.3, -0.25) is 4.72 Å². The number of halogens is 1. The zero-order valence-corrected chi connectivity index (χ0v) is 13.2. The Morgan fingerprint density at radius 3 is 2.40 bits per heavy atom. The van der Waals surface area contributed by atoms with E-state index in [1.807, 2.05) is 0 Å². The molecule has 1 aromatic carbocycles. The highest BCUT2D eigenvalue weighted by Crippen LogP contribution is 2.23. The second kappa shape index (κ2) is 5.44. The largest absolute Gasteiger partial charge is 0.475 e. The highest BCUT2D eigenvalue weighted by Gasteiger charge is 2.23. The second-order valence-corrected chi connectivity index (χ2v) is 6.85. The van der Waals surface area contributed by atoms with Gasteiger partial charge in [-0.15, -0.1) is 0 Å². The summed E-state index contributed by atoms with van der Waals surface area (Å²) in [6, 6.07) is 7.74. The summed E-state index contributed by atoms with van der Waals surface area (Å²) in [5.41, 5.74) is 0.392. The third-order valence-corrected chi connectivity index (χ3v) is 4.68. The lowest BCUT2D eigenvalue weighted by Gasteiger charge is -2.06. The van der Waals surface area contributed by atoms with E-state index in [0.717, 1.165) is 9.64 Å². The minimum absolute atomic E-state index is 0.0282. The number of carboxylic acid groups (broad SMARTS) is 1. The zero-order chi connectivity index (χ0) is 14.9. The molecule has 0 saturated carbocycles. The van der Waals surface area contributed by atoms with Gasteiger partial charge < -0.3 is 9.52 Å². The molecular weight excluding hydrogens is 397 g/mol. The minimum atomic E-state index is -3.88. The highest BCUT2D eigenvalue weighted by atomic mass is 127. The van der Waals surface area contributed by atoms with Crippen LogP contribution in [0.4, 0.5) is 5.69 Å². The summed E-state index contributed by atoms with van der Waals surface area (Å²) >= 11 is 2.10. The van der Waals surface area contributed by atoms with Crippen LogP contribution >= 0.6 is 22.6 Å². The molecule has 0 spiro atoms. The van der Waals surface area contributed by atoms with E-state index < -0.39 is 21.8 Å². The van der Waals surface area contributed by atoms with Gasteiger partial charge in [-0.1, -0.05) is 0 Å². The van der Waals surface area contributed by atoms with Gasteiger partial charge in [-0.25, -0.2) is 13.2 Å². The summed E-state index contributed by atoms with van der Waals surface area (Å²) in [4.78, 5) is 10.6. The molecule has 106 valence electrons. The molecule has 0 aliphatic carbocycles. The molecule has 1 heterocycles. The van der Waals surface area contributed by atoms with Crippen LogP contribution in [0.5, 0.6) is 0 Å². The van der Waals surface area contributed by atoms with E-state index in [1.54, 1.807) is 24.3 Å². The Labute approximate surface area is 129 Å². The molecule has 0 aliphatic heterocycles. The number of benzene rings is 1. The normalized spacial score (nSPS) is 11.3. The van der Waals surface area contributed by atoms with Gasteiger partial charge in [-0.2, -0.15) is 0 Å². The average Bonchev–Trinajstić information content (AvgIpc) is 2.75. The number of nitrogens with one attached hydrogen (secondary N) is 1. The van der Waals surface area contributed by atoms with Gasteiger partial charge in [-0.05, 0) is 53.8 Å². The van der Waals surface area contributed by atoms with Gasteiger partial charge in [0.25, 0.3) is 10.0 Å². The third kappa shape index (κ3) is 3.12. The Hall–Kier alpha value is -1.55. The van der Waals surface area contributed by atoms with Gasteiger partial charge >= 0.3 is 5.97 Å². The smallest absolute Gasteiger partial charge is 0.371 e. The van der Waals surface area contributed by atoms with Crippen LogP contribution in [0.2, 0.25) is 0 Å². The number of hydrogen-bond acceptors (Lipinski definition) is 4. The molecule has 0 unspecified atom stereocenters. The van der Waals surface area contributed by atoms with Crippen molar-refractivity contribution < 1.29 is 22.7 Å². The van der Waals surface area contributed by atoms with Crippen LogP contribution < -0.4 is 4.72 Å². The Balaban J connectivity index is 2.35. The predicted octanol–water partition coefficient (Wildman–Crippen LogP) is 2.69. The first-order chi connectivity index (χ1) is 9.29. The molecule has 1 aromatic heterocycles. The van der Waals surface area contributed by atoms with E-state index in [1.165, 1.54) is 6.92 Å². The first-order valence-corrected chi connectivity index (χ1v) is 7.98. The number of rotatable bonds is 4. The fourth-order valence-electron chi connectivity index (χ4n) is 1.57. The van der Waals surface area contributed by atoms with E-state index in [2.05, 4.69) is 27.3 Å². The standard InChI is InChI=1S/C12H10INO5S/c1-7-11(6-10(19-7)12(15)16)20(17,18)14-9-4-2-8(13)3-5-9/h2-6,14H,1H3,(H,15,16). The Kier molecular flexibility index (Phi) is 4.04. The average molecular weight is 407 g/mol. The number of aryl methyl sites for hydroxylation is 1. The first-order valence-electron chi connectivity index (χ1n) is 5.42. The van der Waals surface area contributed by atoms with E-state index in [0.29, 0.717) is 5.69 Å². The maximum atomic E-state index is 12.2. The molecule has 0 saturated heterocycles. The zero-order valence-electron chi connectivity index (χ0n) is 10.3. The molecule has 20 heavy (non-hydrogen) atoms. The molecule has 2 N–H and O–H groups in total. The van der Waals surface area contributed by atoms with E-state index in [-0.39, 0.29) is 10.7 Å². The van der Waals surface area contributed by atoms with E-state index in [4.69, 9.17) is 9.52 Å². The predicted molar refractivity (Wildman–Crippen MR) is 80.4 cm³/mol. The Morgan fingerprint density at radius 2 is 1.90 bits per heavy atom. The van der Waals surface area contributed by atoms with Gasteiger partial charge in [0.05, 0.1) is 0 Å². The third-order valence-electron chi connectivity index (χ3n) is 2.47. The van der Waals surface area contributed by atoms with Crippen LogP contribution in [-0.4, -0.2) is 19.5 Å². The summed E-state index contributed by atoms with van der Waals surface area (Å²) in [6.07, 6.45) is 0. The minimum Gasteiger partial charge on any atom is -0.475 e. The quantitative estimate of drug-likeness (QED) is 0.760. The van der Waals surface area contributed by atoms with E-state index >= 15 is 0 Å². The monoisotopic (exact) mass is 407 g/mol. The maximum Gasteiger partial charge on any atom is 0.371 e. The number of sulfonamides is 1. The number of aromatic carboxylic acids is 1. The van der Waals surface area contributed by atoms with Gasteiger partial charge in [0, 0.05) is 15.3 Å². The summed E-state index contributed by atoms with van der Waals surface area (Å²) in [5.74, 6) is -1.70. The van der Waals surface area contributed by atoms with Crippen LogP contribution in [0.15, 0.2) is 39.6 Å². The summed E-state index contributed by atoms with van der Waals surface area (Å²) in [7, 11) is -3.88. The molecule has 0 radical (unpaired) electrons. The maximum absolute atomic E-state index is 12.2. The van der Waals surface area contributed by atoms with Gasteiger partial charge in [0.1, 0.15) is 10.7 Å². The molecule has 0 aliphatic rings. The molecule has 8 heteroatoms. The molecule has 0 atom stereocenters. The van der Waals surface area contributed by atoms with Crippen LogP contribution in [0.25, 0.3) is 0 Å².